The molecule has 0 aliphatic rings. The van der Waals surface area contributed by atoms with Crippen LogP contribution in [0.4, 0.5) is 0 Å². The minimum Gasteiger partial charge on any atom is -0.271 e. The first-order chi connectivity index (χ1) is 9.24. The van der Waals surface area contributed by atoms with Crippen molar-refractivity contribution in [1.82, 2.24) is 15.2 Å². The Labute approximate surface area is 121 Å². The Hall–Kier alpha value is -0.580. The van der Waals surface area contributed by atoms with Crippen LogP contribution in [0.1, 0.15) is 70.5 Å². The average molecular weight is 287 g/mol. The zero-order valence-electron chi connectivity index (χ0n) is 12.2. The van der Waals surface area contributed by atoms with Crippen molar-refractivity contribution in [3.63, 3.8) is 0 Å². The van der Waals surface area contributed by atoms with Gasteiger partial charge in [-0.3, -0.25) is 16.0 Å². The summed E-state index contributed by atoms with van der Waals surface area (Å²) in [6, 6.07) is 0.100. The summed E-state index contributed by atoms with van der Waals surface area (Å²) in [6.45, 7) is 5.25. The number of hydrogen-bond donors (Lipinski definition) is 2. The van der Waals surface area contributed by atoms with Crippen molar-refractivity contribution in [1.29, 1.82) is 0 Å². The lowest BCUT2D eigenvalue weighted by molar-refractivity contribution is 0.437. The largest absolute Gasteiger partial charge is 0.271 e. The molecular formula is C14H27ClN4. The van der Waals surface area contributed by atoms with Gasteiger partial charge in [0.15, 0.2) is 0 Å². The number of halogens is 1. The topological polar surface area (TPSA) is 55.9 Å². The monoisotopic (exact) mass is 286 g/mol. The second-order valence-electron chi connectivity index (χ2n) is 5.02. The van der Waals surface area contributed by atoms with Crippen LogP contribution >= 0.6 is 11.6 Å². The van der Waals surface area contributed by atoms with Crippen molar-refractivity contribution in [2.24, 2.45) is 5.84 Å². The van der Waals surface area contributed by atoms with E-state index in [1.807, 2.05) is 4.68 Å². The van der Waals surface area contributed by atoms with Crippen LogP contribution in [0.25, 0.3) is 0 Å². The molecule has 110 valence electrons. The lowest BCUT2D eigenvalue weighted by Crippen LogP contribution is -2.30. The number of nitrogens with two attached hydrogens (primary N) is 1. The number of nitrogens with one attached hydrogen (secondary N) is 1. The molecule has 5 heteroatoms. The molecule has 1 aromatic heterocycles. The van der Waals surface area contributed by atoms with Gasteiger partial charge >= 0.3 is 0 Å². The number of aryl methyl sites for hydroxylation is 1. The fourth-order valence-corrected chi connectivity index (χ4v) is 2.63. The second-order valence-corrected chi connectivity index (χ2v) is 5.43. The molecule has 1 unspecified atom stereocenters. The number of nitrogens with zero attached hydrogens (tertiary/aromatic N) is 2. The van der Waals surface area contributed by atoms with E-state index in [2.05, 4.69) is 24.4 Å². The van der Waals surface area contributed by atoms with E-state index in [-0.39, 0.29) is 6.04 Å². The van der Waals surface area contributed by atoms with E-state index in [0.717, 1.165) is 25.1 Å². The smallest absolute Gasteiger partial charge is 0.0834 e. The molecule has 1 rings (SSSR count). The van der Waals surface area contributed by atoms with Crippen LogP contribution in [-0.4, -0.2) is 9.78 Å². The first-order valence-corrected chi connectivity index (χ1v) is 7.79. The van der Waals surface area contributed by atoms with Crippen LogP contribution in [0, 0.1) is 0 Å². The van der Waals surface area contributed by atoms with E-state index < -0.39 is 0 Å². The normalized spacial score (nSPS) is 12.8. The highest BCUT2D eigenvalue weighted by Crippen LogP contribution is 2.26. The van der Waals surface area contributed by atoms with Gasteiger partial charge in [0.1, 0.15) is 0 Å². The minimum absolute atomic E-state index is 0.100. The minimum atomic E-state index is 0.100. The summed E-state index contributed by atoms with van der Waals surface area (Å²) in [7, 11) is 0. The van der Waals surface area contributed by atoms with E-state index in [1.54, 1.807) is 6.20 Å². The Kier molecular flexibility index (Phi) is 8.10. The molecule has 1 heterocycles. The molecule has 0 saturated carbocycles. The summed E-state index contributed by atoms with van der Waals surface area (Å²) in [6.07, 6.45) is 10.1. The molecule has 0 fully saturated rings. The standard InChI is InChI=1S/C14H27ClN4/c1-3-5-6-7-8-9-13(18-16)14-12(15)11-17-19(14)10-4-2/h11,13,18H,3-10,16H2,1-2H3. The molecular weight excluding hydrogens is 260 g/mol. The molecule has 0 spiro atoms. The zero-order chi connectivity index (χ0) is 14.1. The lowest BCUT2D eigenvalue weighted by Gasteiger charge is -2.18. The first kappa shape index (κ1) is 16.5. The van der Waals surface area contributed by atoms with Gasteiger partial charge in [-0.05, 0) is 12.8 Å². The molecule has 19 heavy (non-hydrogen) atoms. The molecule has 3 N–H and O–H groups in total. The van der Waals surface area contributed by atoms with Crippen molar-refractivity contribution in [3.8, 4) is 0 Å². The second kappa shape index (κ2) is 9.34. The highest BCUT2D eigenvalue weighted by Gasteiger charge is 2.18. The van der Waals surface area contributed by atoms with Crippen LogP contribution < -0.4 is 11.3 Å². The summed E-state index contributed by atoms with van der Waals surface area (Å²) in [4.78, 5) is 0. The summed E-state index contributed by atoms with van der Waals surface area (Å²) in [5.41, 5.74) is 3.92. The van der Waals surface area contributed by atoms with Crippen molar-refractivity contribution >= 4 is 11.6 Å². The van der Waals surface area contributed by atoms with Gasteiger partial charge in [-0.2, -0.15) is 5.10 Å². The molecule has 0 aliphatic heterocycles. The number of hydrazine groups is 1. The third kappa shape index (κ3) is 5.13. The number of unbranched alkanes of at least 4 members (excludes halogenated alkanes) is 4. The van der Waals surface area contributed by atoms with Gasteiger partial charge in [0.05, 0.1) is 23.0 Å². The summed E-state index contributed by atoms with van der Waals surface area (Å²) in [5.74, 6) is 5.69. The maximum absolute atomic E-state index is 6.24. The molecule has 0 saturated heterocycles. The van der Waals surface area contributed by atoms with Crippen molar-refractivity contribution < 1.29 is 0 Å². The third-order valence-corrected chi connectivity index (χ3v) is 3.69. The summed E-state index contributed by atoms with van der Waals surface area (Å²) in [5, 5.41) is 5.03. The van der Waals surface area contributed by atoms with Crippen LogP contribution in [0.15, 0.2) is 6.20 Å². The fourth-order valence-electron chi connectivity index (χ4n) is 2.36. The van der Waals surface area contributed by atoms with Crippen LogP contribution in [0.2, 0.25) is 5.02 Å². The first-order valence-electron chi connectivity index (χ1n) is 7.41. The molecule has 0 aliphatic carbocycles. The van der Waals surface area contributed by atoms with Crippen LogP contribution in [0.3, 0.4) is 0 Å². The molecule has 0 radical (unpaired) electrons. The van der Waals surface area contributed by atoms with E-state index in [4.69, 9.17) is 17.4 Å². The quantitative estimate of drug-likeness (QED) is 0.391. The Morgan fingerprint density at radius 2 is 2.00 bits per heavy atom. The maximum atomic E-state index is 6.24. The van der Waals surface area contributed by atoms with E-state index in [9.17, 15) is 0 Å². The Bertz CT molecular complexity index is 351. The van der Waals surface area contributed by atoms with Gasteiger partial charge in [0, 0.05) is 6.54 Å². The van der Waals surface area contributed by atoms with E-state index in [0.29, 0.717) is 5.02 Å². The van der Waals surface area contributed by atoms with Crippen LogP contribution in [0.5, 0.6) is 0 Å². The van der Waals surface area contributed by atoms with Gasteiger partial charge in [0.25, 0.3) is 0 Å². The number of aromatic nitrogens is 2. The number of hydrogen-bond acceptors (Lipinski definition) is 3. The van der Waals surface area contributed by atoms with Crippen molar-refractivity contribution in [3.05, 3.63) is 16.9 Å². The highest BCUT2D eigenvalue weighted by atomic mass is 35.5. The molecule has 1 atom stereocenters. The molecule has 0 amide bonds. The Morgan fingerprint density at radius 3 is 2.63 bits per heavy atom. The van der Waals surface area contributed by atoms with Crippen molar-refractivity contribution in [2.45, 2.75) is 71.4 Å². The van der Waals surface area contributed by atoms with Gasteiger partial charge in [0.2, 0.25) is 0 Å². The highest BCUT2D eigenvalue weighted by molar-refractivity contribution is 6.31. The molecule has 0 aromatic carbocycles. The average Bonchev–Trinajstić information content (AvgIpc) is 2.76. The van der Waals surface area contributed by atoms with Gasteiger partial charge in [-0.15, -0.1) is 0 Å². The molecule has 1 aromatic rings. The third-order valence-electron chi connectivity index (χ3n) is 3.40. The SMILES string of the molecule is CCCCCCCC(NN)c1c(Cl)cnn1CCC. The molecule has 4 nitrogen and oxygen atoms in total. The molecule has 0 bridgehead atoms. The predicted octanol–water partition coefficient (Wildman–Crippen LogP) is 3.81. The van der Waals surface area contributed by atoms with Gasteiger partial charge < -0.3 is 0 Å². The summed E-state index contributed by atoms with van der Waals surface area (Å²) < 4.78 is 1.97. The van der Waals surface area contributed by atoms with E-state index >= 15 is 0 Å². The maximum Gasteiger partial charge on any atom is 0.0834 e. The Balaban J connectivity index is 2.56. The summed E-state index contributed by atoms with van der Waals surface area (Å²) >= 11 is 6.24. The van der Waals surface area contributed by atoms with Crippen molar-refractivity contribution in [2.75, 3.05) is 0 Å². The number of rotatable bonds is 10. The van der Waals surface area contributed by atoms with Gasteiger partial charge in [-0.1, -0.05) is 57.6 Å². The lowest BCUT2D eigenvalue weighted by atomic mass is 10.0. The van der Waals surface area contributed by atoms with Crippen LogP contribution in [-0.2, 0) is 6.54 Å². The van der Waals surface area contributed by atoms with Gasteiger partial charge in [-0.25, -0.2) is 0 Å². The fraction of sp³-hybridized carbons (Fsp3) is 0.786. The predicted molar refractivity (Wildman–Crippen MR) is 81.0 cm³/mol. The van der Waals surface area contributed by atoms with E-state index in [1.165, 1.54) is 32.1 Å². The Morgan fingerprint density at radius 1 is 1.26 bits per heavy atom. The zero-order valence-corrected chi connectivity index (χ0v) is 12.9.